The molecule has 0 radical (unpaired) electrons. The molecule has 0 saturated carbocycles. The van der Waals surface area contributed by atoms with Crippen molar-refractivity contribution in [2.75, 3.05) is 13.2 Å². The Bertz CT molecular complexity index is 612. The first-order valence-electron chi connectivity index (χ1n) is 6.41. The van der Waals surface area contributed by atoms with Crippen molar-refractivity contribution in [3.05, 3.63) is 45.1 Å². The van der Waals surface area contributed by atoms with Crippen molar-refractivity contribution in [3.63, 3.8) is 0 Å². The predicted octanol–water partition coefficient (Wildman–Crippen LogP) is 5.14. The van der Waals surface area contributed by atoms with Gasteiger partial charge in [-0.25, -0.2) is 0 Å². The second-order valence-electron chi connectivity index (χ2n) is 4.93. The smallest absolute Gasteiger partial charge is 0.161 e. The molecule has 5 heteroatoms. The van der Waals surface area contributed by atoms with E-state index in [0.29, 0.717) is 24.2 Å². The van der Waals surface area contributed by atoms with Crippen LogP contribution < -0.4 is 9.47 Å². The molecule has 20 heavy (non-hydrogen) atoms. The topological polar surface area (TPSA) is 18.5 Å². The maximum absolute atomic E-state index is 6.52. The minimum absolute atomic E-state index is 0.267. The Hall–Kier alpha value is -0.900. The molecule has 2 nitrogen and oxygen atoms in total. The van der Waals surface area contributed by atoms with Crippen molar-refractivity contribution in [3.8, 4) is 11.5 Å². The van der Waals surface area contributed by atoms with Gasteiger partial charge in [0.25, 0.3) is 0 Å². The summed E-state index contributed by atoms with van der Waals surface area (Å²) in [6.07, 6.45) is 0. The van der Waals surface area contributed by atoms with Crippen LogP contribution in [-0.4, -0.2) is 13.2 Å². The zero-order chi connectivity index (χ0) is 14.1. The quantitative estimate of drug-likeness (QED) is 0.711. The molecule has 1 aliphatic rings. The van der Waals surface area contributed by atoms with Crippen molar-refractivity contribution in [2.24, 2.45) is 5.92 Å². The van der Waals surface area contributed by atoms with Gasteiger partial charge in [-0.3, -0.25) is 0 Å². The molecule has 2 aromatic rings. The first-order valence-corrected chi connectivity index (χ1v) is 8.11. The van der Waals surface area contributed by atoms with E-state index in [4.69, 9.17) is 32.7 Å². The highest BCUT2D eigenvalue weighted by atomic mass is 35.5. The Morgan fingerprint density at radius 3 is 2.65 bits per heavy atom. The highest BCUT2D eigenvalue weighted by molar-refractivity contribution is 7.11. The van der Waals surface area contributed by atoms with Crippen LogP contribution in [0.15, 0.2) is 29.6 Å². The molecular formula is C15H14Cl2O2S. The van der Waals surface area contributed by atoms with E-state index in [-0.39, 0.29) is 5.38 Å². The average Bonchev–Trinajstić information content (AvgIpc) is 2.79. The van der Waals surface area contributed by atoms with Gasteiger partial charge in [0.15, 0.2) is 11.5 Å². The standard InChI is InChI=1S/C15H14Cl2O2S/c1-9-7-18-12-3-2-10(6-13(12)19-8-9)14(17)15-11(16)4-5-20-15/h2-6,9,14H,7-8H2,1H3. The summed E-state index contributed by atoms with van der Waals surface area (Å²) in [4.78, 5) is 0.955. The van der Waals surface area contributed by atoms with Gasteiger partial charge < -0.3 is 9.47 Å². The van der Waals surface area contributed by atoms with E-state index in [1.54, 1.807) is 11.3 Å². The first-order chi connectivity index (χ1) is 9.65. The number of fused-ring (bicyclic) bond motifs is 1. The van der Waals surface area contributed by atoms with E-state index in [1.165, 1.54) is 0 Å². The number of alkyl halides is 1. The summed E-state index contributed by atoms with van der Waals surface area (Å²) in [5.74, 6) is 1.91. The molecule has 0 saturated heterocycles. The summed E-state index contributed by atoms with van der Waals surface area (Å²) in [7, 11) is 0. The molecule has 0 bridgehead atoms. The fraction of sp³-hybridized carbons (Fsp3) is 0.333. The van der Waals surface area contributed by atoms with Crippen molar-refractivity contribution in [1.82, 2.24) is 0 Å². The van der Waals surface area contributed by atoms with Crippen LogP contribution in [0, 0.1) is 5.92 Å². The van der Waals surface area contributed by atoms with Gasteiger partial charge in [0.1, 0.15) is 0 Å². The molecule has 1 aromatic heterocycles. The normalized spacial score (nSPS) is 19.4. The van der Waals surface area contributed by atoms with E-state index in [9.17, 15) is 0 Å². The van der Waals surface area contributed by atoms with Crippen LogP contribution >= 0.6 is 34.5 Å². The van der Waals surface area contributed by atoms with Crippen LogP contribution in [0.25, 0.3) is 0 Å². The average molecular weight is 329 g/mol. The number of hydrogen-bond donors (Lipinski definition) is 0. The molecule has 0 N–H and O–H groups in total. The predicted molar refractivity (Wildman–Crippen MR) is 83.6 cm³/mol. The molecule has 1 aliphatic heterocycles. The van der Waals surface area contributed by atoms with Crippen LogP contribution in [0.5, 0.6) is 11.5 Å². The molecule has 0 spiro atoms. The van der Waals surface area contributed by atoms with Gasteiger partial charge in [0, 0.05) is 10.8 Å². The Kier molecular flexibility index (Phi) is 4.11. The lowest BCUT2D eigenvalue weighted by atomic mass is 10.1. The van der Waals surface area contributed by atoms with Crippen molar-refractivity contribution in [1.29, 1.82) is 0 Å². The van der Waals surface area contributed by atoms with Gasteiger partial charge in [-0.1, -0.05) is 24.6 Å². The zero-order valence-electron chi connectivity index (χ0n) is 10.9. The fourth-order valence-electron chi connectivity index (χ4n) is 2.06. The third-order valence-corrected chi connectivity index (χ3v) is 5.21. The van der Waals surface area contributed by atoms with Gasteiger partial charge in [-0.15, -0.1) is 22.9 Å². The number of benzene rings is 1. The lowest BCUT2D eigenvalue weighted by molar-refractivity contribution is 0.228. The number of ether oxygens (including phenoxy) is 2. The lowest BCUT2D eigenvalue weighted by Gasteiger charge is -2.12. The Balaban J connectivity index is 1.91. The summed E-state index contributed by atoms with van der Waals surface area (Å²) in [6.45, 7) is 3.43. The molecular weight excluding hydrogens is 315 g/mol. The zero-order valence-corrected chi connectivity index (χ0v) is 13.3. The van der Waals surface area contributed by atoms with Gasteiger partial charge in [0.05, 0.1) is 23.6 Å². The van der Waals surface area contributed by atoms with E-state index >= 15 is 0 Å². The van der Waals surface area contributed by atoms with Crippen molar-refractivity contribution < 1.29 is 9.47 Å². The Labute approximate surface area is 132 Å². The summed E-state index contributed by atoms with van der Waals surface area (Å²) >= 11 is 14.2. The fourth-order valence-corrected chi connectivity index (χ4v) is 3.69. The van der Waals surface area contributed by atoms with Gasteiger partial charge in [0.2, 0.25) is 0 Å². The summed E-state index contributed by atoms with van der Waals surface area (Å²) in [6, 6.07) is 7.69. The van der Waals surface area contributed by atoms with Gasteiger partial charge in [-0.05, 0) is 29.1 Å². The summed E-state index contributed by atoms with van der Waals surface area (Å²) in [5, 5.41) is 2.38. The van der Waals surface area contributed by atoms with E-state index in [0.717, 1.165) is 21.9 Å². The molecule has 0 amide bonds. The lowest BCUT2D eigenvalue weighted by Crippen LogP contribution is -2.12. The Morgan fingerprint density at radius 2 is 1.95 bits per heavy atom. The maximum Gasteiger partial charge on any atom is 0.161 e. The van der Waals surface area contributed by atoms with Gasteiger partial charge in [-0.2, -0.15) is 0 Å². The molecule has 3 rings (SSSR count). The van der Waals surface area contributed by atoms with Crippen LogP contribution in [0.1, 0.15) is 22.7 Å². The minimum Gasteiger partial charge on any atom is -0.489 e. The third-order valence-electron chi connectivity index (χ3n) is 3.18. The molecule has 0 aliphatic carbocycles. The highest BCUT2D eigenvalue weighted by Gasteiger charge is 2.20. The minimum atomic E-state index is -0.267. The maximum atomic E-state index is 6.52. The molecule has 2 atom stereocenters. The third kappa shape index (κ3) is 2.76. The second-order valence-corrected chi connectivity index (χ2v) is 6.72. The molecule has 2 heterocycles. The number of rotatable bonds is 2. The van der Waals surface area contributed by atoms with Crippen LogP contribution in [-0.2, 0) is 0 Å². The number of thiophene rings is 1. The van der Waals surface area contributed by atoms with Crippen molar-refractivity contribution >= 4 is 34.5 Å². The van der Waals surface area contributed by atoms with Gasteiger partial charge >= 0.3 is 0 Å². The SMILES string of the molecule is CC1COc2ccc(C(Cl)c3sccc3Cl)cc2OC1. The summed E-state index contributed by atoms with van der Waals surface area (Å²) < 4.78 is 11.5. The summed E-state index contributed by atoms with van der Waals surface area (Å²) in [5.41, 5.74) is 0.966. The number of hydrogen-bond acceptors (Lipinski definition) is 3. The van der Waals surface area contributed by atoms with E-state index in [1.807, 2.05) is 29.6 Å². The highest BCUT2D eigenvalue weighted by Crippen LogP contribution is 2.40. The monoisotopic (exact) mass is 328 g/mol. The Morgan fingerprint density at radius 1 is 1.20 bits per heavy atom. The molecule has 0 fully saturated rings. The number of halogens is 2. The van der Waals surface area contributed by atoms with E-state index < -0.39 is 0 Å². The van der Waals surface area contributed by atoms with Crippen LogP contribution in [0.4, 0.5) is 0 Å². The molecule has 1 aromatic carbocycles. The molecule has 2 unspecified atom stereocenters. The van der Waals surface area contributed by atoms with Crippen LogP contribution in [0.3, 0.4) is 0 Å². The largest absolute Gasteiger partial charge is 0.489 e. The second kappa shape index (κ2) is 5.84. The van der Waals surface area contributed by atoms with E-state index in [2.05, 4.69) is 6.92 Å². The first kappa shape index (κ1) is 14.1. The van der Waals surface area contributed by atoms with Crippen LogP contribution in [0.2, 0.25) is 5.02 Å². The van der Waals surface area contributed by atoms with Crippen molar-refractivity contribution in [2.45, 2.75) is 12.3 Å². The molecule has 106 valence electrons.